The van der Waals surface area contributed by atoms with Gasteiger partial charge in [-0.3, -0.25) is 4.79 Å². The Kier molecular flexibility index (Phi) is 6.57. The van der Waals surface area contributed by atoms with Gasteiger partial charge < -0.3 is 15.4 Å². The second-order valence-electron chi connectivity index (χ2n) is 4.20. The van der Waals surface area contributed by atoms with Gasteiger partial charge in [0.25, 0.3) is 5.91 Å². The van der Waals surface area contributed by atoms with Gasteiger partial charge in [0.2, 0.25) is 0 Å². The van der Waals surface area contributed by atoms with Gasteiger partial charge in [-0.15, -0.1) is 11.3 Å². The second kappa shape index (κ2) is 7.95. The van der Waals surface area contributed by atoms with Crippen molar-refractivity contribution in [1.29, 1.82) is 0 Å². The first-order chi connectivity index (χ1) is 9.10. The first kappa shape index (κ1) is 15.7. The minimum Gasteiger partial charge on any atom is -0.385 e. The fourth-order valence-electron chi connectivity index (χ4n) is 1.58. The monoisotopic (exact) mass is 280 g/mol. The Morgan fingerprint density at radius 1 is 1.58 bits per heavy atom. The van der Waals surface area contributed by atoms with Gasteiger partial charge >= 0.3 is 0 Å². The zero-order chi connectivity index (χ0) is 14.3. The van der Waals surface area contributed by atoms with Gasteiger partial charge in [0.15, 0.2) is 0 Å². The lowest BCUT2D eigenvalue weighted by atomic mass is 10.2. The van der Waals surface area contributed by atoms with Crippen LogP contribution in [0.5, 0.6) is 0 Å². The molecule has 1 aromatic rings. The van der Waals surface area contributed by atoms with Crippen LogP contribution in [0.1, 0.15) is 26.5 Å². The van der Waals surface area contributed by atoms with Crippen LogP contribution >= 0.6 is 11.3 Å². The maximum atomic E-state index is 12.2. The molecule has 0 saturated heterocycles. The van der Waals surface area contributed by atoms with Crippen molar-refractivity contribution >= 4 is 17.2 Å². The van der Waals surface area contributed by atoms with Crippen molar-refractivity contribution in [2.45, 2.75) is 13.3 Å². The SMILES string of the molecule is COCCCN(C)C(=O)c1cc(C)c(C#CCN)s1. The Labute approximate surface area is 118 Å². The van der Waals surface area contributed by atoms with Crippen LogP contribution in [-0.4, -0.2) is 44.7 Å². The van der Waals surface area contributed by atoms with Crippen LogP contribution in [0.3, 0.4) is 0 Å². The van der Waals surface area contributed by atoms with E-state index in [2.05, 4.69) is 11.8 Å². The van der Waals surface area contributed by atoms with Crippen molar-refractivity contribution in [1.82, 2.24) is 4.90 Å². The molecule has 1 heterocycles. The summed E-state index contributed by atoms with van der Waals surface area (Å²) in [5.41, 5.74) is 6.38. The molecule has 0 radical (unpaired) electrons. The highest BCUT2D eigenvalue weighted by molar-refractivity contribution is 7.14. The first-order valence-corrected chi connectivity index (χ1v) is 6.95. The van der Waals surface area contributed by atoms with E-state index in [1.807, 2.05) is 13.0 Å². The Morgan fingerprint density at radius 3 is 2.95 bits per heavy atom. The van der Waals surface area contributed by atoms with Crippen molar-refractivity contribution in [2.75, 3.05) is 33.9 Å². The highest BCUT2D eigenvalue weighted by atomic mass is 32.1. The van der Waals surface area contributed by atoms with Gasteiger partial charge in [-0.2, -0.15) is 0 Å². The van der Waals surface area contributed by atoms with Gasteiger partial charge in [0.05, 0.1) is 16.3 Å². The number of rotatable bonds is 5. The number of thiophene rings is 1. The molecular formula is C14H20N2O2S. The third kappa shape index (κ3) is 4.67. The molecule has 0 atom stereocenters. The third-order valence-corrected chi connectivity index (χ3v) is 3.76. The van der Waals surface area contributed by atoms with E-state index in [0.29, 0.717) is 19.7 Å². The summed E-state index contributed by atoms with van der Waals surface area (Å²) in [5, 5.41) is 0. The highest BCUT2D eigenvalue weighted by Gasteiger charge is 2.15. The average molecular weight is 280 g/mol. The number of ether oxygens (including phenoxy) is 1. The molecular weight excluding hydrogens is 260 g/mol. The van der Waals surface area contributed by atoms with Crippen molar-refractivity contribution in [3.8, 4) is 11.8 Å². The molecule has 104 valence electrons. The van der Waals surface area contributed by atoms with Crippen LogP contribution in [0, 0.1) is 18.8 Å². The number of amides is 1. The molecule has 0 aliphatic heterocycles. The third-order valence-electron chi connectivity index (χ3n) is 2.62. The zero-order valence-corrected chi connectivity index (χ0v) is 12.5. The van der Waals surface area contributed by atoms with E-state index in [0.717, 1.165) is 21.7 Å². The lowest BCUT2D eigenvalue weighted by molar-refractivity contribution is 0.0784. The van der Waals surface area contributed by atoms with E-state index >= 15 is 0 Å². The van der Waals surface area contributed by atoms with E-state index in [4.69, 9.17) is 10.5 Å². The lowest BCUT2D eigenvalue weighted by Gasteiger charge is -2.15. The highest BCUT2D eigenvalue weighted by Crippen LogP contribution is 2.22. The smallest absolute Gasteiger partial charge is 0.263 e. The molecule has 1 rings (SSSR count). The molecule has 5 heteroatoms. The van der Waals surface area contributed by atoms with Crippen molar-refractivity contribution in [3.05, 3.63) is 21.4 Å². The number of nitrogens with two attached hydrogens (primary N) is 1. The van der Waals surface area contributed by atoms with Crippen LogP contribution in [0.4, 0.5) is 0 Å². The number of aryl methyl sites for hydroxylation is 1. The number of nitrogens with zero attached hydrogens (tertiary/aromatic N) is 1. The summed E-state index contributed by atoms with van der Waals surface area (Å²) in [6.07, 6.45) is 0.836. The molecule has 0 unspecified atom stereocenters. The molecule has 0 saturated carbocycles. The quantitative estimate of drug-likeness (QED) is 0.656. The van der Waals surface area contributed by atoms with E-state index < -0.39 is 0 Å². The number of carbonyl (C=O) groups excluding carboxylic acids is 1. The average Bonchev–Trinajstić information content (AvgIpc) is 2.77. The normalized spacial score (nSPS) is 9.89. The Bertz CT molecular complexity index is 485. The van der Waals surface area contributed by atoms with Crippen molar-refractivity contribution in [3.63, 3.8) is 0 Å². The van der Waals surface area contributed by atoms with E-state index in [1.54, 1.807) is 19.1 Å². The van der Waals surface area contributed by atoms with Crippen LogP contribution < -0.4 is 5.73 Å². The molecule has 0 bridgehead atoms. The van der Waals surface area contributed by atoms with Crippen molar-refractivity contribution < 1.29 is 9.53 Å². The molecule has 0 aliphatic rings. The molecule has 19 heavy (non-hydrogen) atoms. The van der Waals surface area contributed by atoms with Gasteiger partial charge in [-0.05, 0) is 25.0 Å². The summed E-state index contributed by atoms with van der Waals surface area (Å²) in [6.45, 7) is 3.64. The molecule has 0 fully saturated rings. The Balaban J connectivity index is 2.71. The summed E-state index contributed by atoms with van der Waals surface area (Å²) in [5.74, 6) is 5.84. The van der Waals surface area contributed by atoms with E-state index in [1.165, 1.54) is 11.3 Å². The fourth-order valence-corrected chi connectivity index (χ4v) is 2.62. The Hall–Kier alpha value is -1.35. The molecule has 2 N–H and O–H groups in total. The number of hydrogen-bond donors (Lipinski definition) is 1. The molecule has 0 spiro atoms. The second-order valence-corrected chi connectivity index (χ2v) is 5.25. The molecule has 1 amide bonds. The standard InChI is InChI=1S/C14H20N2O2S/c1-11-10-13(19-12(11)6-4-7-15)14(17)16(2)8-5-9-18-3/h10H,5,7-9,15H2,1-3H3. The van der Waals surface area contributed by atoms with Crippen LogP contribution in [0.2, 0.25) is 0 Å². The minimum atomic E-state index is 0.0324. The van der Waals surface area contributed by atoms with Gasteiger partial charge in [0.1, 0.15) is 0 Å². The number of carbonyl (C=O) groups is 1. The van der Waals surface area contributed by atoms with Gasteiger partial charge in [-0.1, -0.05) is 11.8 Å². The van der Waals surface area contributed by atoms with Crippen LogP contribution in [0.25, 0.3) is 0 Å². The molecule has 0 aliphatic carbocycles. The summed E-state index contributed by atoms with van der Waals surface area (Å²) in [7, 11) is 3.46. The predicted molar refractivity (Wildman–Crippen MR) is 78.4 cm³/mol. The van der Waals surface area contributed by atoms with E-state index in [9.17, 15) is 4.79 Å². The number of hydrogen-bond acceptors (Lipinski definition) is 4. The van der Waals surface area contributed by atoms with E-state index in [-0.39, 0.29) is 5.91 Å². The Morgan fingerprint density at radius 2 is 2.32 bits per heavy atom. The minimum absolute atomic E-state index is 0.0324. The maximum Gasteiger partial charge on any atom is 0.263 e. The fraction of sp³-hybridized carbons (Fsp3) is 0.500. The largest absolute Gasteiger partial charge is 0.385 e. The first-order valence-electron chi connectivity index (χ1n) is 6.14. The molecule has 0 aromatic carbocycles. The zero-order valence-electron chi connectivity index (χ0n) is 11.7. The summed E-state index contributed by atoms with van der Waals surface area (Å²) in [4.78, 5) is 15.6. The van der Waals surface area contributed by atoms with Crippen LogP contribution in [-0.2, 0) is 4.74 Å². The van der Waals surface area contributed by atoms with Gasteiger partial charge in [-0.25, -0.2) is 0 Å². The van der Waals surface area contributed by atoms with Gasteiger partial charge in [0, 0.05) is 27.3 Å². The lowest BCUT2D eigenvalue weighted by Crippen LogP contribution is -2.27. The van der Waals surface area contributed by atoms with Crippen LogP contribution in [0.15, 0.2) is 6.07 Å². The summed E-state index contributed by atoms with van der Waals surface area (Å²) >= 11 is 1.42. The maximum absolute atomic E-state index is 12.2. The molecule has 4 nitrogen and oxygen atoms in total. The summed E-state index contributed by atoms with van der Waals surface area (Å²) in [6, 6.07) is 1.89. The predicted octanol–water partition coefficient (Wildman–Crippen LogP) is 1.48. The number of methoxy groups -OCH3 is 1. The molecule has 1 aromatic heterocycles. The summed E-state index contributed by atoms with van der Waals surface area (Å²) < 4.78 is 4.98. The van der Waals surface area contributed by atoms with Crippen molar-refractivity contribution in [2.24, 2.45) is 5.73 Å². The topological polar surface area (TPSA) is 55.6 Å².